The SMILES string of the molecule is CC1(C)O[C@]2(C(=O)CO)[C@@](N)(C[C@H]3[C@@H]4CC=C5CC(=O)C=C[C@]5(C)[C@@]4(F)[C@@H](O)C[C@@]32C)O1. The Hall–Kier alpha value is -1.45. The Labute approximate surface area is 186 Å². The van der Waals surface area contributed by atoms with Gasteiger partial charge in [0, 0.05) is 23.2 Å². The first-order valence-corrected chi connectivity index (χ1v) is 11.3. The summed E-state index contributed by atoms with van der Waals surface area (Å²) in [6, 6.07) is 0. The molecule has 0 unspecified atom stereocenters. The average molecular weight is 450 g/mol. The van der Waals surface area contributed by atoms with Gasteiger partial charge in [-0.2, -0.15) is 0 Å². The summed E-state index contributed by atoms with van der Waals surface area (Å²) in [7, 11) is 0. The lowest BCUT2D eigenvalue weighted by molar-refractivity contribution is -0.243. The summed E-state index contributed by atoms with van der Waals surface area (Å²) in [6.45, 7) is 6.05. The Bertz CT molecular complexity index is 978. The second kappa shape index (κ2) is 6.16. The van der Waals surface area contributed by atoms with Gasteiger partial charge < -0.3 is 25.4 Å². The number of carbonyl (C=O) groups is 2. The Balaban J connectivity index is 1.68. The molecule has 0 aromatic carbocycles. The Kier molecular flexibility index (Phi) is 4.30. The fraction of sp³-hybridized carbons (Fsp3) is 0.750. The molecule has 0 aromatic rings. The van der Waals surface area contributed by atoms with Gasteiger partial charge >= 0.3 is 0 Å². The number of halogens is 1. The molecular formula is C24H32FNO6. The van der Waals surface area contributed by atoms with Crippen LogP contribution in [0.3, 0.4) is 0 Å². The molecule has 5 rings (SSSR count). The predicted octanol–water partition coefficient (Wildman–Crippen LogP) is 1.71. The van der Waals surface area contributed by atoms with Crippen LogP contribution < -0.4 is 5.73 Å². The van der Waals surface area contributed by atoms with Crippen molar-refractivity contribution in [1.29, 1.82) is 0 Å². The summed E-state index contributed by atoms with van der Waals surface area (Å²) in [4.78, 5) is 25.3. The molecule has 8 atom stereocenters. The van der Waals surface area contributed by atoms with E-state index in [-0.39, 0.29) is 25.0 Å². The number of nitrogens with two attached hydrogens (primary N) is 1. The maximum Gasteiger partial charge on any atom is 0.194 e. The largest absolute Gasteiger partial charge is 0.390 e. The number of carbonyl (C=O) groups excluding carboxylic acids is 2. The van der Waals surface area contributed by atoms with Gasteiger partial charge in [0.05, 0.1) is 6.10 Å². The second-order valence-electron chi connectivity index (χ2n) is 11.2. The van der Waals surface area contributed by atoms with Crippen molar-refractivity contribution < 1.29 is 33.7 Å². The molecule has 4 aliphatic carbocycles. The molecule has 1 heterocycles. The van der Waals surface area contributed by atoms with Crippen LogP contribution >= 0.6 is 0 Å². The number of ether oxygens (including phenoxy) is 2. The van der Waals surface area contributed by atoms with E-state index in [0.29, 0.717) is 12.0 Å². The highest BCUT2D eigenvalue weighted by atomic mass is 19.1. The first kappa shape index (κ1) is 22.3. The van der Waals surface area contributed by atoms with Gasteiger partial charge in [-0.25, -0.2) is 4.39 Å². The third kappa shape index (κ3) is 2.23. The van der Waals surface area contributed by atoms with Crippen molar-refractivity contribution in [3.05, 3.63) is 23.8 Å². The van der Waals surface area contributed by atoms with Crippen LogP contribution in [0.15, 0.2) is 23.8 Å². The molecular weight excluding hydrogens is 417 g/mol. The highest BCUT2D eigenvalue weighted by Crippen LogP contribution is 2.73. The van der Waals surface area contributed by atoms with Crippen LogP contribution in [0.5, 0.6) is 0 Å². The molecule has 0 aromatic heterocycles. The molecule has 8 heteroatoms. The van der Waals surface area contributed by atoms with Crippen molar-refractivity contribution in [2.24, 2.45) is 28.4 Å². The summed E-state index contributed by atoms with van der Waals surface area (Å²) in [5.74, 6) is -3.00. The molecule has 0 spiro atoms. The van der Waals surface area contributed by atoms with E-state index in [1.54, 1.807) is 33.8 Å². The summed E-state index contributed by atoms with van der Waals surface area (Å²) < 4.78 is 29.5. The van der Waals surface area contributed by atoms with Crippen molar-refractivity contribution in [3.8, 4) is 0 Å². The molecule has 4 N–H and O–H groups in total. The first-order chi connectivity index (χ1) is 14.7. The lowest BCUT2D eigenvalue weighted by atomic mass is 9.45. The highest BCUT2D eigenvalue weighted by molar-refractivity contribution is 5.94. The molecule has 7 nitrogen and oxygen atoms in total. The topological polar surface area (TPSA) is 119 Å². The number of alkyl halides is 1. The normalized spacial score (nSPS) is 53.2. The summed E-state index contributed by atoms with van der Waals surface area (Å²) in [5, 5.41) is 21.3. The zero-order valence-corrected chi connectivity index (χ0v) is 19.0. The van der Waals surface area contributed by atoms with Gasteiger partial charge in [-0.1, -0.05) is 24.6 Å². The van der Waals surface area contributed by atoms with Gasteiger partial charge in [-0.3, -0.25) is 9.59 Å². The number of ketones is 2. The number of hydrogen-bond acceptors (Lipinski definition) is 7. The van der Waals surface area contributed by atoms with Gasteiger partial charge in [0.25, 0.3) is 0 Å². The summed E-state index contributed by atoms with van der Waals surface area (Å²) >= 11 is 0. The molecule has 1 saturated heterocycles. The van der Waals surface area contributed by atoms with Crippen LogP contribution in [-0.2, 0) is 19.1 Å². The van der Waals surface area contributed by atoms with Gasteiger partial charge in [0.15, 0.2) is 34.3 Å². The number of aliphatic hydroxyl groups is 2. The molecule has 0 amide bonds. The minimum absolute atomic E-state index is 0.0839. The number of rotatable bonds is 2. The smallest absolute Gasteiger partial charge is 0.194 e. The third-order valence-corrected chi connectivity index (χ3v) is 9.28. The van der Waals surface area contributed by atoms with Crippen molar-refractivity contribution in [3.63, 3.8) is 0 Å². The third-order valence-electron chi connectivity index (χ3n) is 9.28. The second-order valence-corrected chi connectivity index (χ2v) is 11.2. The van der Waals surface area contributed by atoms with Crippen LogP contribution in [0.2, 0.25) is 0 Å². The predicted molar refractivity (Wildman–Crippen MR) is 112 cm³/mol. The van der Waals surface area contributed by atoms with Crippen LogP contribution in [0.1, 0.15) is 53.4 Å². The van der Waals surface area contributed by atoms with E-state index in [1.807, 2.05) is 6.08 Å². The quantitative estimate of drug-likeness (QED) is 0.549. The standard InChI is InChI=1S/C24H32FNO6/c1-19(2)31-22(26)10-16-15-6-5-13-9-14(28)7-8-20(13,3)23(15,25)17(29)11-21(16,4)24(22,32-19)18(30)12-27/h5,7-8,15-17,27,29H,6,9-12,26H2,1-4H3/t15-,16-,17-,20-,21-,22+,23-,24-/m0/s1. The van der Waals surface area contributed by atoms with E-state index < -0.39 is 63.9 Å². The maximum atomic E-state index is 17.2. The van der Waals surface area contributed by atoms with Gasteiger partial charge in [0.2, 0.25) is 0 Å². The van der Waals surface area contributed by atoms with Gasteiger partial charge in [0.1, 0.15) is 6.61 Å². The van der Waals surface area contributed by atoms with Crippen molar-refractivity contribution in [2.75, 3.05) is 6.61 Å². The van der Waals surface area contributed by atoms with Crippen molar-refractivity contribution >= 4 is 11.6 Å². The van der Waals surface area contributed by atoms with Gasteiger partial charge in [-0.15, -0.1) is 0 Å². The van der Waals surface area contributed by atoms with E-state index >= 15 is 4.39 Å². The lowest BCUT2D eigenvalue weighted by Gasteiger charge is -2.62. The van der Waals surface area contributed by atoms with Gasteiger partial charge in [-0.05, 0) is 52.0 Å². The Morgan fingerprint density at radius 1 is 1.22 bits per heavy atom. The zero-order chi connectivity index (χ0) is 23.5. The molecule has 32 heavy (non-hydrogen) atoms. The van der Waals surface area contributed by atoms with E-state index in [2.05, 4.69) is 0 Å². The van der Waals surface area contributed by atoms with Crippen LogP contribution in [0.4, 0.5) is 4.39 Å². The summed E-state index contributed by atoms with van der Waals surface area (Å²) in [5.41, 5.74) is -0.118. The molecule has 176 valence electrons. The van der Waals surface area contributed by atoms with E-state index in [9.17, 15) is 19.8 Å². The maximum absolute atomic E-state index is 17.2. The van der Waals surface area contributed by atoms with Crippen molar-refractivity contribution in [1.82, 2.24) is 0 Å². The molecule has 0 bridgehead atoms. The molecule has 1 aliphatic heterocycles. The number of Topliss-reactive ketones (excluding diaryl/α,β-unsaturated/α-hetero) is 1. The molecule has 3 fully saturated rings. The Morgan fingerprint density at radius 3 is 2.56 bits per heavy atom. The zero-order valence-electron chi connectivity index (χ0n) is 19.0. The molecule has 5 aliphatic rings. The minimum atomic E-state index is -2.05. The fourth-order valence-corrected chi connectivity index (χ4v) is 8.07. The number of aliphatic hydroxyl groups excluding tert-OH is 2. The van der Waals surface area contributed by atoms with E-state index in [1.165, 1.54) is 6.08 Å². The van der Waals surface area contributed by atoms with Crippen LogP contribution in [-0.4, -0.2) is 57.3 Å². The van der Waals surface area contributed by atoms with E-state index in [4.69, 9.17) is 15.2 Å². The number of allylic oxidation sites excluding steroid dienone is 4. The number of fused-ring (bicyclic) bond motifs is 7. The molecule has 0 radical (unpaired) electrons. The van der Waals surface area contributed by atoms with Crippen molar-refractivity contribution in [2.45, 2.75) is 82.3 Å². The molecule has 2 saturated carbocycles. The van der Waals surface area contributed by atoms with Crippen LogP contribution in [0.25, 0.3) is 0 Å². The van der Waals surface area contributed by atoms with E-state index in [0.717, 1.165) is 0 Å². The average Bonchev–Trinajstić information content (AvgIpc) is 3.03. The highest BCUT2D eigenvalue weighted by Gasteiger charge is 2.84. The Morgan fingerprint density at radius 2 is 1.91 bits per heavy atom. The van der Waals surface area contributed by atoms with Crippen LogP contribution in [0, 0.1) is 22.7 Å². The first-order valence-electron chi connectivity index (χ1n) is 11.3. The number of hydrogen-bond donors (Lipinski definition) is 3. The summed E-state index contributed by atoms with van der Waals surface area (Å²) in [6.07, 6.45) is 3.98. The monoisotopic (exact) mass is 449 g/mol. The minimum Gasteiger partial charge on any atom is -0.390 e. The lowest BCUT2D eigenvalue weighted by Crippen LogP contribution is -2.71. The fourth-order valence-electron chi connectivity index (χ4n) is 8.07.